The second kappa shape index (κ2) is 10.4. The monoisotopic (exact) mass is 463 g/mol. The first-order valence-electron chi connectivity index (χ1n) is 10.5. The molecule has 1 aliphatic rings. The number of rotatable bonds is 10. The second-order valence-electron chi connectivity index (χ2n) is 7.43. The molecule has 0 saturated carbocycles. The number of carbonyl (C=O) groups excluding carboxylic acids is 2. The average molecular weight is 464 g/mol. The zero-order valence-electron chi connectivity index (χ0n) is 18.5. The molecular formula is C22H25N9O3. The number of carbonyl (C=O) groups is 2. The number of hydrogen-bond donors (Lipinski definition) is 5. The Hall–Kier alpha value is -4.45. The van der Waals surface area contributed by atoms with Crippen LogP contribution in [-0.2, 0) is 24.4 Å². The molecule has 0 spiro atoms. The molecule has 4 rings (SSSR count). The third-order valence-corrected chi connectivity index (χ3v) is 4.98. The molecule has 0 atom stereocenters. The summed E-state index contributed by atoms with van der Waals surface area (Å²) in [5.41, 5.74) is 11.5. The summed E-state index contributed by atoms with van der Waals surface area (Å²) >= 11 is 0. The van der Waals surface area contributed by atoms with Gasteiger partial charge >= 0.3 is 6.03 Å². The lowest BCUT2D eigenvalue weighted by Gasteiger charge is -2.16. The van der Waals surface area contributed by atoms with Crippen molar-refractivity contribution in [3.63, 3.8) is 0 Å². The van der Waals surface area contributed by atoms with E-state index in [9.17, 15) is 9.59 Å². The van der Waals surface area contributed by atoms with E-state index in [0.29, 0.717) is 31.5 Å². The molecule has 2 aromatic carbocycles. The van der Waals surface area contributed by atoms with Gasteiger partial charge in [0.25, 0.3) is 0 Å². The number of hydrogen-bond acceptors (Lipinski definition) is 10. The molecular weight excluding hydrogens is 438 g/mol. The molecule has 2 heterocycles. The molecule has 1 fully saturated rings. The van der Waals surface area contributed by atoms with E-state index in [0.717, 1.165) is 27.4 Å². The third kappa shape index (κ3) is 5.86. The molecule has 3 aromatic rings. The van der Waals surface area contributed by atoms with E-state index < -0.39 is 11.9 Å². The fraction of sp³-hybridized carbons (Fsp3) is 0.227. The van der Waals surface area contributed by atoms with Crippen LogP contribution in [0.3, 0.4) is 0 Å². The van der Waals surface area contributed by atoms with E-state index in [1.807, 2.05) is 48.5 Å². The molecule has 0 bridgehead atoms. The molecule has 1 aromatic heterocycles. The predicted molar refractivity (Wildman–Crippen MR) is 126 cm³/mol. The van der Waals surface area contributed by atoms with Crippen LogP contribution in [0.15, 0.2) is 48.5 Å². The van der Waals surface area contributed by atoms with Crippen molar-refractivity contribution in [3.8, 4) is 5.75 Å². The van der Waals surface area contributed by atoms with E-state index in [4.69, 9.17) is 10.5 Å². The van der Waals surface area contributed by atoms with Crippen LogP contribution in [0.2, 0.25) is 0 Å². The Morgan fingerprint density at radius 3 is 1.91 bits per heavy atom. The summed E-state index contributed by atoms with van der Waals surface area (Å²) in [6.07, 6.45) is 0. The lowest BCUT2D eigenvalue weighted by atomic mass is 10.1. The molecule has 1 aliphatic heterocycles. The van der Waals surface area contributed by atoms with Crippen molar-refractivity contribution in [2.24, 2.45) is 5.73 Å². The number of amides is 3. The lowest BCUT2D eigenvalue weighted by Crippen LogP contribution is -2.34. The number of urea groups is 1. The molecule has 6 N–H and O–H groups in total. The van der Waals surface area contributed by atoms with Crippen molar-refractivity contribution in [3.05, 3.63) is 65.2 Å². The highest BCUT2D eigenvalue weighted by Gasteiger charge is 2.27. The number of benzene rings is 2. The average Bonchev–Trinajstić information content (AvgIpc) is 3.18. The Bertz CT molecular complexity index is 1080. The Kier molecular flexibility index (Phi) is 6.98. The first kappa shape index (κ1) is 22.7. The number of methoxy groups -OCH3 is 1. The summed E-state index contributed by atoms with van der Waals surface area (Å²) in [6.45, 7) is 1.26. The minimum atomic E-state index is -0.576. The topological polar surface area (TPSA) is 159 Å². The van der Waals surface area contributed by atoms with Crippen molar-refractivity contribution in [1.29, 1.82) is 0 Å². The lowest BCUT2D eigenvalue weighted by molar-refractivity contribution is -0.118. The van der Waals surface area contributed by atoms with E-state index in [1.54, 1.807) is 7.11 Å². The van der Waals surface area contributed by atoms with E-state index in [-0.39, 0.29) is 12.5 Å². The van der Waals surface area contributed by atoms with E-state index >= 15 is 0 Å². The van der Waals surface area contributed by atoms with Gasteiger partial charge in [0.1, 0.15) is 12.3 Å². The van der Waals surface area contributed by atoms with Crippen molar-refractivity contribution in [2.45, 2.75) is 19.6 Å². The molecule has 0 aliphatic carbocycles. The largest absolute Gasteiger partial charge is 0.497 e. The van der Waals surface area contributed by atoms with Crippen LogP contribution < -0.4 is 31.8 Å². The Morgan fingerprint density at radius 1 is 0.882 bits per heavy atom. The van der Waals surface area contributed by atoms with Crippen LogP contribution >= 0.6 is 0 Å². The number of ether oxygens (including phenoxy) is 1. The summed E-state index contributed by atoms with van der Waals surface area (Å²) < 4.78 is 5.18. The van der Waals surface area contributed by atoms with Gasteiger partial charge in [-0.1, -0.05) is 36.4 Å². The zero-order chi connectivity index (χ0) is 23.9. The first-order valence-corrected chi connectivity index (χ1v) is 10.5. The number of imide groups is 1. The van der Waals surface area contributed by atoms with Gasteiger partial charge in [0.15, 0.2) is 0 Å². The number of nitrogens with one attached hydrogen (secondary N) is 4. The zero-order valence-corrected chi connectivity index (χ0v) is 18.5. The van der Waals surface area contributed by atoms with E-state index in [2.05, 4.69) is 36.3 Å². The van der Waals surface area contributed by atoms with Crippen molar-refractivity contribution < 1.29 is 14.3 Å². The van der Waals surface area contributed by atoms with Crippen LogP contribution in [0.4, 0.5) is 22.6 Å². The molecule has 12 heteroatoms. The molecule has 0 unspecified atom stereocenters. The van der Waals surface area contributed by atoms with Gasteiger partial charge in [-0.15, -0.1) is 0 Å². The third-order valence-electron chi connectivity index (χ3n) is 4.98. The number of nitrogens with zero attached hydrogens (tertiary/aromatic N) is 4. The number of hydrazine groups is 1. The molecule has 176 valence electrons. The van der Waals surface area contributed by atoms with Gasteiger partial charge in [-0.25, -0.2) is 9.80 Å². The number of aromatic nitrogens is 3. The Labute approximate surface area is 195 Å². The molecule has 1 saturated heterocycles. The predicted octanol–water partition coefficient (Wildman–Crippen LogP) is 1.44. The summed E-state index contributed by atoms with van der Waals surface area (Å²) in [6, 6.07) is 14.9. The maximum Gasteiger partial charge on any atom is 0.343 e. The molecule has 34 heavy (non-hydrogen) atoms. The van der Waals surface area contributed by atoms with Crippen LogP contribution in [-0.4, -0.2) is 45.6 Å². The Morgan fingerprint density at radius 2 is 1.41 bits per heavy atom. The van der Waals surface area contributed by atoms with Gasteiger partial charge in [-0.3, -0.25) is 15.5 Å². The first-order chi connectivity index (χ1) is 16.5. The van der Waals surface area contributed by atoms with Crippen LogP contribution in [0.1, 0.15) is 16.7 Å². The number of nitrogens with two attached hydrogens (primary N) is 1. The van der Waals surface area contributed by atoms with Gasteiger partial charge in [-0.05, 0) is 28.8 Å². The van der Waals surface area contributed by atoms with Crippen molar-refractivity contribution in [1.82, 2.24) is 25.3 Å². The molecule has 12 nitrogen and oxygen atoms in total. The van der Waals surface area contributed by atoms with Gasteiger partial charge in [0, 0.05) is 19.6 Å². The highest BCUT2D eigenvalue weighted by Crippen LogP contribution is 2.15. The standard InChI is InChI=1S/C22H25N9O3/c1-34-17-8-6-16(7-9-17)12-25-20-27-19(24-11-15-4-2-14(10-23)3-5-15)28-21(29-20)30-31-13-18(32)26-22(31)33/h2-9H,10-13,23H2,1H3,(H,26,32,33)(H3,24,25,27,28,29,30). The van der Waals surface area contributed by atoms with Gasteiger partial charge < -0.3 is 21.1 Å². The summed E-state index contributed by atoms with van der Waals surface area (Å²) in [7, 11) is 1.61. The number of anilines is 3. The van der Waals surface area contributed by atoms with Gasteiger partial charge in [0.2, 0.25) is 23.8 Å². The highest BCUT2D eigenvalue weighted by molar-refractivity contribution is 6.02. The van der Waals surface area contributed by atoms with Crippen molar-refractivity contribution >= 4 is 29.8 Å². The molecule has 3 amide bonds. The quantitative estimate of drug-likeness (QED) is 0.278. The highest BCUT2D eigenvalue weighted by atomic mass is 16.5. The van der Waals surface area contributed by atoms with Crippen molar-refractivity contribution in [2.75, 3.05) is 29.7 Å². The molecule has 0 radical (unpaired) electrons. The van der Waals surface area contributed by atoms with Crippen LogP contribution in [0.5, 0.6) is 5.75 Å². The normalized spacial score (nSPS) is 12.9. The minimum absolute atomic E-state index is 0.109. The Balaban J connectivity index is 1.49. The SMILES string of the molecule is COc1ccc(CNc2nc(NCc3ccc(CN)cc3)nc(NN3CC(=O)NC3=O)n2)cc1. The van der Waals surface area contributed by atoms with Gasteiger partial charge in [0.05, 0.1) is 7.11 Å². The second-order valence-corrected chi connectivity index (χ2v) is 7.43. The fourth-order valence-electron chi connectivity index (χ4n) is 3.14. The van der Waals surface area contributed by atoms with Crippen LogP contribution in [0, 0.1) is 0 Å². The van der Waals surface area contributed by atoms with Gasteiger partial charge in [-0.2, -0.15) is 15.0 Å². The van der Waals surface area contributed by atoms with E-state index in [1.165, 1.54) is 0 Å². The summed E-state index contributed by atoms with van der Waals surface area (Å²) in [5, 5.41) is 9.61. The smallest absolute Gasteiger partial charge is 0.343 e. The fourth-order valence-corrected chi connectivity index (χ4v) is 3.14. The van der Waals surface area contributed by atoms with Crippen LogP contribution in [0.25, 0.3) is 0 Å². The maximum atomic E-state index is 11.9. The minimum Gasteiger partial charge on any atom is -0.497 e. The maximum absolute atomic E-state index is 11.9. The summed E-state index contributed by atoms with van der Waals surface area (Å²) in [5.74, 6) is 1.05. The summed E-state index contributed by atoms with van der Waals surface area (Å²) in [4.78, 5) is 36.5.